The van der Waals surface area contributed by atoms with Crippen LogP contribution in [0.5, 0.6) is 5.75 Å². The molecule has 3 nitrogen and oxygen atoms in total. The minimum absolute atomic E-state index is 0.362. The normalized spacial score (nSPS) is 12.9. The first kappa shape index (κ1) is 36.5. The lowest BCUT2D eigenvalue weighted by molar-refractivity contribution is 0.143. The summed E-state index contributed by atoms with van der Waals surface area (Å²) >= 11 is 0. The molecular formula is C37H66O3. The average molecular weight is 559 g/mol. The van der Waals surface area contributed by atoms with Gasteiger partial charge >= 0.3 is 6.16 Å². The largest absolute Gasteiger partial charge is 0.511 e. The van der Waals surface area contributed by atoms with Gasteiger partial charge in [0.2, 0.25) is 0 Å². The Kier molecular flexibility index (Phi) is 23.0. The van der Waals surface area contributed by atoms with Crippen molar-refractivity contribution in [2.24, 2.45) is 0 Å². The predicted octanol–water partition coefficient (Wildman–Crippen LogP) is 13.4. The molecule has 0 spiro atoms. The molecule has 1 N–H and O–H groups in total. The summed E-state index contributed by atoms with van der Waals surface area (Å²) < 4.78 is 5.38. The molecule has 0 saturated carbocycles. The van der Waals surface area contributed by atoms with Gasteiger partial charge in [-0.3, -0.25) is 0 Å². The van der Waals surface area contributed by atoms with Crippen LogP contribution in [0.3, 0.4) is 0 Å². The number of hydrogen-bond acceptors (Lipinski definition) is 2. The molecule has 1 aromatic carbocycles. The van der Waals surface area contributed by atoms with Crippen LogP contribution in [0.2, 0.25) is 0 Å². The lowest BCUT2D eigenvalue weighted by Gasteiger charge is -2.26. The highest BCUT2D eigenvalue weighted by Gasteiger charge is 2.24. The Bertz CT molecular complexity index is 728. The van der Waals surface area contributed by atoms with Crippen molar-refractivity contribution in [1.82, 2.24) is 0 Å². The maximum absolute atomic E-state index is 11.6. The quantitative estimate of drug-likeness (QED) is 0.0663. The third kappa shape index (κ3) is 16.7. The van der Waals surface area contributed by atoms with Crippen molar-refractivity contribution in [1.29, 1.82) is 0 Å². The zero-order valence-corrected chi connectivity index (χ0v) is 27.1. The third-order valence-corrected chi connectivity index (χ3v) is 8.94. The van der Waals surface area contributed by atoms with Gasteiger partial charge in [0.1, 0.15) is 5.75 Å². The second-order valence-corrected chi connectivity index (χ2v) is 12.3. The lowest BCUT2D eigenvalue weighted by Crippen LogP contribution is -2.12. The van der Waals surface area contributed by atoms with Crippen molar-refractivity contribution in [2.75, 3.05) is 0 Å². The Hall–Kier alpha value is -1.51. The van der Waals surface area contributed by atoms with Crippen molar-refractivity contribution in [3.63, 3.8) is 0 Å². The molecule has 0 aliphatic heterocycles. The number of hydrogen-bond donors (Lipinski definition) is 1. The second-order valence-electron chi connectivity index (χ2n) is 12.3. The van der Waals surface area contributed by atoms with Gasteiger partial charge in [-0.2, -0.15) is 0 Å². The van der Waals surface area contributed by atoms with E-state index >= 15 is 0 Å². The Morgan fingerprint density at radius 3 is 1.40 bits per heavy atom. The molecule has 1 rings (SSSR count). The number of benzene rings is 1. The summed E-state index contributed by atoms with van der Waals surface area (Å²) in [5.41, 5.74) is 2.53. The van der Waals surface area contributed by atoms with Crippen LogP contribution in [-0.2, 0) is 0 Å². The Labute approximate surface area is 249 Å². The van der Waals surface area contributed by atoms with Gasteiger partial charge in [-0.25, -0.2) is 4.79 Å². The number of ether oxygens (including phenoxy) is 1. The van der Waals surface area contributed by atoms with E-state index in [0.29, 0.717) is 17.6 Å². The van der Waals surface area contributed by atoms with Crippen LogP contribution in [0.4, 0.5) is 4.79 Å². The molecule has 3 heteroatoms. The first-order chi connectivity index (χ1) is 19.6. The smallest absolute Gasteiger partial charge is 0.449 e. The second kappa shape index (κ2) is 25.2. The van der Waals surface area contributed by atoms with Crippen LogP contribution < -0.4 is 4.74 Å². The summed E-state index contributed by atoms with van der Waals surface area (Å²) in [5, 5.41) is 9.48. The minimum atomic E-state index is -1.20. The van der Waals surface area contributed by atoms with Gasteiger partial charge in [0.05, 0.1) is 0 Å². The fourth-order valence-corrected chi connectivity index (χ4v) is 6.43. The molecule has 0 heterocycles. The molecule has 0 amide bonds. The number of unbranched alkanes of at least 4 members (excludes halogenated alkanes) is 18. The van der Waals surface area contributed by atoms with Crippen LogP contribution in [0.25, 0.3) is 0 Å². The van der Waals surface area contributed by atoms with E-state index in [2.05, 4.69) is 33.8 Å². The van der Waals surface area contributed by atoms with E-state index < -0.39 is 6.16 Å². The van der Waals surface area contributed by atoms with Crippen LogP contribution in [0.15, 0.2) is 18.2 Å². The summed E-state index contributed by atoms with van der Waals surface area (Å²) in [6.07, 6.45) is 30.2. The zero-order chi connectivity index (χ0) is 29.3. The Morgan fingerprint density at radius 1 is 0.600 bits per heavy atom. The molecule has 0 aliphatic carbocycles. The lowest BCUT2D eigenvalue weighted by atomic mass is 9.80. The third-order valence-electron chi connectivity index (χ3n) is 8.94. The van der Waals surface area contributed by atoms with E-state index in [-0.39, 0.29) is 0 Å². The minimum Gasteiger partial charge on any atom is -0.449 e. The summed E-state index contributed by atoms with van der Waals surface area (Å²) in [6.45, 7) is 9.10. The highest BCUT2D eigenvalue weighted by molar-refractivity contribution is 5.63. The van der Waals surface area contributed by atoms with Gasteiger partial charge in [0, 0.05) is 5.56 Å². The maximum atomic E-state index is 11.6. The van der Waals surface area contributed by atoms with Crippen molar-refractivity contribution in [3.05, 3.63) is 29.3 Å². The predicted molar refractivity (Wildman–Crippen MR) is 174 cm³/mol. The number of carboxylic acid groups (broad SMARTS) is 1. The SMILES string of the molecule is CCCCCCCCCCCCC(CC)c1cccc(OC(=O)O)c1C(CC)CCCCCCCCCCCC. The topological polar surface area (TPSA) is 46.5 Å². The molecule has 40 heavy (non-hydrogen) atoms. The van der Waals surface area contributed by atoms with Gasteiger partial charge in [-0.15, -0.1) is 0 Å². The first-order valence-corrected chi connectivity index (χ1v) is 17.6. The molecule has 0 fully saturated rings. The van der Waals surface area contributed by atoms with E-state index in [1.54, 1.807) is 0 Å². The van der Waals surface area contributed by atoms with Crippen LogP contribution in [0.1, 0.15) is 205 Å². The van der Waals surface area contributed by atoms with Gasteiger partial charge < -0.3 is 9.84 Å². The zero-order valence-electron chi connectivity index (χ0n) is 27.1. The van der Waals surface area contributed by atoms with Gasteiger partial charge in [-0.1, -0.05) is 168 Å². The molecule has 0 saturated heterocycles. The summed E-state index contributed by atoms with van der Waals surface area (Å²) in [4.78, 5) is 11.6. The standard InChI is InChI=1S/C37H66O3/c1-5-9-11-13-15-17-19-21-23-25-28-32(7-3)34-30-27-31-35(40-37(38)39)36(34)33(8-4)29-26-24-22-20-18-16-14-12-10-6-2/h27,30-33H,5-26,28-29H2,1-4H3,(H,38,39). The maximum Gasteiger partial charge on any atom is 0.511 e. The van der Waals surface area contributed by atoms with E-state index in [0.717, 1.165) is 19.3 Å². The molecule has 2 unspecified atom stereocenters. The highest BCUT2D eigenvalue weighted by Crippen LogP contribution is 2.41. The fraction of sp³-hybridized carbons (Fsp3) is 0.811. The molecular weight excluding hydrogens is 492 g/mol. The summed E-state index contributed by atoms with van der Waals surface area (Å²) in [7, 11) is 0. The van der Waals surface area contributed by atoms with Crippen LogP contribution in [-0.4, -0.2) is 11.3 Å². The van der Waals surface area contributed by atoms with Gasteiger partial charge in [-0.05, 0) is 49.1 Å². The highest BCUT2D eigenvalue weighted by atomic mass is 16.7. The Morgan fingerprint density at radius 2 is 1.00 bits per heavy atom. The molecule has 1 aromatic rings. The van der Waals surface area contributed by atoms with Crippen molar-refractivity contribution in [3.8, 4) is 5.75 Å². The molecule has 2 atom stereocenters. The van der Waals surface area contributed by atoms with Gasteiger partial charge in [0.15, 0.2) is 0 Å². The first-order valence-electron chi connectivity index (χ1n) is 17.6. The van der Waals surface area contributed by atoms with E-state index in [9.17, 15) is 9.90 Å². The molecule has 0 radical (unpaired) electrons. The van der Waals surface area contributed by atoms with Gasteiger partial charge in [0.25, 0.3) is 0 Å². The van der Waals surface area contributed by atoms with Crippen molar-refractivity contribution in [2.45, 2.75) is 194 Å². The van der Waals surface area contributed by atoms with E-state index in [4.69, 9.17) is 4.74 Å². The van der Waals surface area contributed by atoms with Crippen molar-refractivity contribution < 1.29 is 14.6 Å². The number of carbonyl (C=O) groups is 1. The van der Waals surface area contributed by atoms with Crippen molar-refractivity contribution >= 4 is 6.16 Å². The molecule has 0 aromatic heterocycles. The summed E-state index contributed by atoms with van der Waals surface area (Å²) in [6, 6.07) is 6.14. The van der Waals surface area contributed by atoms with Crippen LogP contribution in [0, 0.1) is 0 Å². The molecule has 232 valence electrons. The average Bonchev–Trinajstić information content (AvgIpc) is 2.95. The number of rotatable bonds is 27. The van der Waals surface area contributed by atoms with E-state index in [1.807, 2.05) is 12.1 Å². The fourth-order valence-electron chi connectivity index (χ4n) is 6.43. The summed E-state index contributed by atoms with van der Waals surface area (Å²) in [5.74, 6) is 1.41. The van der Waals surface area contributed by atoms with E-state index in [1.165, 1.54) is 146 Å². The molecule has 0 bridgehead atoms. The van der Waals surface area contributed by atoms with Crippen LogP contribution >= 0.6 is 0 Å². The Balaban J connectivity index is 2.65. The molecule has 0 aliphatic rings. The monoisotopic (exact) mass is 559 g/mol.